The van der Waals surface area contributed by atoms with Crippen LogP contribution in [0.5, 0.6) is 0 Å². The van der Waals surface area contributed by atoms with Gasteiger partial charge in [0.1, 0.15) is 0 Å². The van der Waals surface area contributed by atoms with Crippen molar-refractivity contribution in [1.29, 1.82) is 0 Å². The molecule has 142 valence electrons. The maximum absolute atomic E-state index is 13.0. The zero-order chi connectivity index (χ0) is 19.3. The lowest BCUT2D eigenvalue weighted by Crippen LogP contribution is -2.42. The van der Waals surface area contributed by atoms with Crippen LogP contribution in [0.25, 0.3) is 0 Å². The Morgan fingerprint density at radius 1 is 1.07 bits per heavy atom. The second kappa shape index (κ2) is 8.60. The van der Waals surface area contributed by atoms with Gasteiger partial charge in [-0.15, -0.1) is 0 Å². The minimum atomic E-state index is -4.39. The number of aliphatic hydroxyl groups is 1. The van der Waals surface area contributed by atoms with Crippen molar-refractivity contribution in [3.63, 3.8) is 0 Å². The summed E-state index contributed by atoms with van der Waals surface area (Å²) in [5, 5.41) is 10.5. The Morgan fingerprint density at radius 3 is 2.59 bits per heavy atom. The highest BCUT2D eigenvalue weighted by Crippen LogP contribution is 2.35. The maximum atomic E-state index is 13.0. The summed E-state index contributed by atoms with van der Waals surface area (Å²) in [5.74, 6) is 6.21. The van der Waals surface area contributed by atoms with E-state index in [1.165, 1.54) is 6.07 Å². The number of hydrogen-bond acceptors (Lipinski definition) is 2. The zero-order valence-electron chi connectivity index (χ0n) is 14.9. The van der Waals surface area contributed by atoms with E-state index in [2.05, 4.69) is 11.8 Å². The summed E-state index contributed by atoms with van der Waals surface area (Å²) in [5.41, 5.74) is 0.764. The predicted molar refractivity (Wildman–Crippen MR) is 98.9 cm³/mol. The number of aliphatic hydroxyl groups excluding tert-OH is 1. The van der Waals surface area contributed by atoms with Crippen LogP contribution in [-0.2, 0) is 6.18 Å². The van der Waals surface area contributed by atoms with Gasteiger partial charge in [-0.3, -0.25) is 4.90 Å². The number of nitrogens with zero attached hydrogens (tertiary/aromatic N) is 1. The number of likely N-dealkylation sites (tertiary alicyclic amines) is 1. The van der Waals surface area contributed by atoms with Crippen LogP contribution in [0.1, 0.15) is 42.0 Å². The Balaban J connectivity index is 1.73. The van der Waals surface area contributed by atoms with Crippen LogP contribution in [0.15, 0.2) is 54.6 Å². The number of piperidine rings is 1. The fraction of sp³-hybridized carbons (Fsp3) is 0.364. The first-order valence-electron chi connectivity index (χ1n) is 9.08. The Hall–Kier alpha value is -2.29. The van der Waals surface area contributed by atoms with Gasteiger partial charge in [-0.2, -0.15) is 13.2 Å². The summed E-state index contributed by atoms with van der Waals surface area (Å²) < 4.78 is 39.1. The van der Waals surface area contributed by atoms with Gasteiger partial charge >= 0.3 is 6.18 Å². The van der Waals surface area contributed by atoms with Gasteiger partial charge in [0.2, 0.25) is 0 Å². The number of hydrogen-bond donors (Lipinski definition) is 1. The van der Waals surface area contributed by atoms with Gasteiger partial charge in [-0.1, -0.05) is 42.2 Å². The van der Waals surface area contributed by atoms with Crippen molar-refractivity contribution >= 4 is 0 Å². The van der Waals surface area contributed by atoms with E-state index in [-0.39, 0.29) is 0 Å². The average molecular weight is 373 g/mol. The topological polar surface area (TPSA) is 23.5 Å². The lowest BCUT2D eigenvalue weighted by molar-refractivity contribution is -0.137. The molecule has 0 bridgehead atoms. The smallest absolute Gasteiger partial charge is 0.391 e. The van der Waals surface area contributed by atoms with E-state index in [9.17, 15) is 18.3 Å². The molecule has 2 unspecified atom stereocenters. The van der Waals surface area contributed by atoms with Crippen molar-refractivity contribution < 1.29 is 18.3 Å². The minimum absolute atomic E-state index is 0.431. The van der Waals surface area contributed by atoms with Gasteiger partial charge in [-0.05, 0) is 49.2 Å². The molecule has 3 rings (SSSR count). The summed E-state index contributed by atoms with van der Waals surface area (Å²) >= 11 is 0. The third-order valence-electron chi connectivity index (χ3n) is 4.79. The third-order valence-corrected chi connectivity index (χ3v) is 4.79. The van der Waals surface area contributed by atoms with Crippen LogP contribution in [0, 0.1) is 11.8 Å². The largest absolute Gasteiger partial charge is 0.416 e. The number of benzene rings is 2. The maximum Gasteiger partial charge on any atom is 0.416 e. The normalized spacial score (nSPS) is 20.7. The molecule has 1 aliphatic heterocycles. The van der Waals surface area contributed by atoms with Gasteiger partial charge in [0.15, 0.2) is 0 Å². The fourth-order valence-electron chi connectivity index (χ4n) is 3.51. The molecule has 1 N–H and O–H groups in total. The SMILES string of the molecule is OC1CCCN(CCC#Cc2ccccc2)C1c1cccc(C(F)(F)F)c1. The summed E-state index contributed by atoms with van der Waals surface area (Å²) in [4.78, 5) is 2.04. The summed E-state index contributed by atoms with van der Waals surface area (Å²) in [6.07, 6.45) is -3.06. The Morgan fingerprint density at radius 2 is 1.85 bits per heavy atom. The van der Waals surface area contributed by atoms with Gasteiger partial charge in [-0.25, -0.2) is 0 Å². The zero-order valence-corrected chi connectivity index (χ0v) is 14.9. The van der Waals surface area contributed by atoms with Crippen molar-refractivity contribution in [3.8, 4) is 11.8 Å². The molecule has 2 aromatic rings. The minimum Gasteiger partial charge on any atom is -0.391 e. The van der Waals surface area contributed by atoms with Crippen LogP contribution < -0.4 is 0 Å². The van der Waals surface area contributed by atoms with Crippen LogP contribution in [0.2, 0.25) is 0 Å². The Labute approximate surface area is 157 Å². The highest BCUT2D eigenvalue weighted by molar-refractivity contribution is 5.33. The molecule has 0 aromatic heterocycles. The first kappa shape index (κ1) is 19.5. The first-order chi connectivity index (χ1) is 12.9. The van der Waals surface area contributed by atoms with Crippen molar-refractivity contribution in [2.75, 3.05) is 13.1 Å². The molecule has 0 saturated carbocycles. The molecule has 1 saturated heterocycles. The Kier molecular flexibility index (Phi) is 6.20. The molecule has 1 aliphatic rings. The second-order valence-corrected chi connectivity index (χ2v) is 6.73. The molecular formula is C22H22F3NO. The lowest BCUT2D eigenvalue weighted by atomic mass is 9.91. The van der Waals surface area contributed by atoms with Crippen molar-refractivity contribution in [2.24, 2.45) is 0 Å². The number of halogens is 3. The third kappa shape index (κ3) is 5.12. The molecule has 2 atom stereocenters. The van der Waals surface area contributed by atoms with E-state index in [1.807, 2.05) is 35.2 Å². The van der Waals surface area contributed by atoms with E-state index in [1.54, 1.807) is 6.07 Å². The molecule has 1 heterocycles. The average Bonchev–Trinajstić information content (AvgIpc) is 2.65. The number of alkyl halides is 3. The molecular weight excluding hydrogens is 351 g/mol. The molecule has 0 spiro atoms. The first-order valence-corrected chi connectivity index (χ1v) is 9.08. The highest BCUT2D eigenvalue weighted by Gasteiger charge is 2.34. The number of rotatable bonds is 3. The molecule has 0 radical (unpaired) electrons. The lowest BCUT2D eigenvalue weighted by Gasteiger charge is -2.39. The molecule has 2 aromatic carbocycles. The summed E-state index contributed by atoms with van der Waals surface area (Å²) in [6.45, 7) is 1.35. The van der Waals surface area contributed by atoms with Gasteiger partial charge < -0.3 is 5.11 Å². The standard InChI is InChI=1S/C22H22F3NO/c23-22(24,25)19-12-6-11-18(16-19)21-20(27)13-7-15-26(21)14-5-4-10-17-8-2-1-3-9-17/h1-3,6,8-9,11-12,16,20-21,27H,5,7,13-15H2. The van der Waals surface area contributed by atoms with E-state index in [4.69, 9.17) is 0 Å². The molecule has 5 heteroatoms. The van der Waals surface area contributed by atoms with Crippen molar-refractivity contribution in [1.82, 2.24) is 4.90 Å². The van der Waals surface area contributed by atoms with E-state index < -0.39 is 23.9 Å². The van der Waals surface area contributed by atoms with Gasteiger partial charge in [0.25, 0.3) is 0 Å². The van der Waals surface area contributed by atoms with Crippen LogP contribution in [-0.4, -0.2) is 29.2 Å². The van der Waals surface area contributed by atoms with Crippen LogP contribution in [0.4, 0.5) is 13.2 Å². The van der Waals surface area contributed by atoms with Crippen molar-refractivity contribution in [2.45, 2.75) is 37.6 Å². The van der Waals surface area contributed by atoms with Crippen molar-refractivity contribution in [3.05, 3.63) is 71.3 Å². The summed E-state index contributed by atoms with van der Waals surface area (Å²) in [7, 11) is 0. The highest BCUT2D eigenvalue weighted by atomic mass is 19.4. The molecule has 27 heavy (non-hydrogen) atoms. The van der Waals surface area contributed by atoms with Crippen LogP contribution >= 0.6 is 0 Å². The van der Waals surface area contributed by atoms with E-state index >= 15 is 0 Å². The van der Waals surface area contributed by atoms with E-state index in [0.29, 0.717) is 24.9 Å². The molecule has 1 fully saturated rings. The second-order valence-electron chi connectivity index (χ2n) is 6.73. The summed E-state index contributed by atoms with van der Waals surface area (Å²) in [6, 6.07) is 14.5. The predicted octanol–water partition coefficient (Wildman–Crippen LogP) is 4.65. The fourth-order valence-corrected chi connectivity index (χ4v) is 3.51. The van der Waals surface area contributed by atoms with E-state index in [0.717, 1.165) is 30.7 Å². The molecule has 2 nitrogen and oxygen atoms in total. The Bertz CT molecular complexity index is 808. The van der Waals surface area contributed by atoms with Gasteiger partial charge in [0, 0.05) is 18.5 Å². The quantitative estimate of drug-likeness (QED) is 0.792. The molecule has 0 aliphatic carbocycles. The monoisotopic (exact) mass is 373 g/mol. The van der Waals surface area contributed by atoms with Gasteiger partial charge in [0.05, 0.1) is 17.7 Å². The molecule has 0 amide bonds. The van der Waals surface area contributed by atoms with Crippen LogP contribution in [0.3, 0.4) is 0 Å².